The van der Waals surface area contributed by atoms with Gasteiger partial charge in [0, 0.05) is 11.6 Å². The van der Waals surface area contributed by atoms with Gasteiger partial charge in [0.25, 0.3) is 0 Å². The topological polar surface area (TPSA) is 15.3 Å². The van der Waals surface area contributed by atoms with Gasteiger partial charge in [-0.1, -0.05) is 0 Å². The summed E-state index contributed by atoms with van der Waals surface area (Å²) in [7, 11) is 4.26. The van der Waals surface area contributed by atoms with Crippen molar-refractivity contribution in [1.29, 1.82) is 0 Å². The van der Waals surface area contributed by atoms with E-state index in [0.717, 1.165) is 0 Å². The van der Waals surface area contributed by atoms with Crippen LogP contribution in [0, 0.1) is 0 Å². The third-order valence-corrected chi connectivity index (χ3v) is 2.60. The predicted octanol–water partition coefficient (Wildman–Crippen LogP) is 1.47. The van der Waals surface area contributed by atoms with Crippen LogP contribution in [0.4, 0.5) is 0 Å². The van der Waals surface area contributed by atoms with Crippen molar-refractivity contribution >= 4 is 0 Å². The van der Waals surface area contributed by atoms with E-state index in [4.69, 9.17) is 0 Å². The molecule has 1 aliphatic rings. The van der Waals surface area contributed by atoms with Crippen LogP contribution in [0.2, 0.25) is 0 Å². The van der Waals surface area contributed by atoms with Crippen LogP contribution < -0.4 is 5.32 Å². The second-order valence-electron chi connectivity index (χ2n) is 4.70. The molecular formula is C10H22N2. The minimum atomic E-state index is 0.492. The molecule has 1 aliphatic carbocycles. The van der Waals surface area contributed by atoms with Crippen molar-refractivity contribution in [3.05, 3.63) is 0 Å². The molecule has 0 bridgehead atoms. The Morgan fingerprint density at radius 3 is 2.42 bits per heavy atom. The number of rotatable bonds is 5. The largest absolute Gasteiger partial charge is 0.309 e. The molecule has 0 radical (unpaired) electrons. The fraction of sp³-hybridized carbons (Fsp3) is 1.00. The second-order valence-corrected chi connectivity index (χ2v) is 4.70. The average molecular weight is 170 g/mol. The van der Waals surface area contributed by atoms with Crippen molar-refractivity contribution in [2.45, 2.75) is 44.7 Å². The highest BCUT2D eigenvalue weighted by molar-refractivity contribution is 4.98. The molecule has 0 saturated heterocycles. The van der Waals surface area contributed by atoms with E-state index in [1.54, 1.807) is 0 Å². The van der Waals surface area contributed by atoms with Gasteiger partial charge in [0.2, 0.25) is 0 Å². The molecular weight excluding hydrogens is 148 g/mol. The maximum Gasteiger partial charge on any atom is 0.0157 e. The van der Waals surface area contributed by atoms with Crippen LogP contribution in [0.3, 0.4) is 0 Å². The van der Waals surface area contributed by atoms with Gasteiger partial charge in [0.1, 0.15) is 0 Å². The van der Waals surface area contributed by atoms with Gasteiger partial charge < -0.3 is 10.2 Å². The predicted molar refractivity (Wildman–Crippen MR) is 53.4 cm³/mol. The van der Waals surface area contributed by atoms with Crippen molar-refractivity contribution in [2.75, 3.05) is 20.6 Å². The third-order valence-electron chi connectivity index (χ3n) is 2.60. The van der Waals surface area contributed by atoms with Crippen molar-refractivity contribution in [3.8, 4) is 0 Å². The Bertz CT molecular complexity index is 139. The molecule has 0 aliphatic heterocycles. The fourth-order valence-electron chi connectivity index (χ4n) is 1.45. The summed E-state index contributed by atoms with van der Waals surface area (Å²) >= 11 is 0. The SMILES string of the molecule is CC(CCN(C)C)NC1(C)CC1. The summed E-state index contributed by atoms with van der Waals surface area (Å²) in [5.74, 6) is 0. The third kappa shape index (κ3) is 3.55. The maximum atomic E-state index is 3.66. The molecule has 1 fully saturated rings. The summed E-state index contributed by atoms with van der Waals surface area (Å²) in [6, 6.07) is 0.667. The van der Waals surface area contributed by atoms with E-state index in [2.05, 4.69) is 38.2 Å². The summed E-state index contributed by atoms with van der Waals surface area (Å²) in [4.78, 5) is 2.24. The molecule has 72 valence electrons. The molecule has 1 unspecified atom stereocenters. The lowest BCUT2D eigenvalue weighted by atomic mass is 10.2. The molecule has 2 nitrogen and oxygen atoms in total. The molecule has 1 N–H and O–H groups in total. The molecule has 12 heavy (non-hydrogen) atoms. The Hall–Kier alpha value is -0.0800. The second kappa shape index (κ2) is 3.75. The summed E-state index contributed by atoms with van der Waals surface area (Å²) in [6.07, 6.45) is 3.97. The minimum absolute atomic E-state index is 0.492. The van der Waals surface area contributed by atoms with E-state index in [9.17, 15) is 0 Å². The van der Waals surface area contributed by atoms with Gasteiger partial charge in [-0.15, -0.1) is 0 Å². The highest BCUT2D eigenvalue weighted by atomic mass is 15.1. The van der Waals surface area contributed by atoms with Gasteiger partial charge in [-0.3, -0.25) is 0 Å². The van der Waals surface area contributed by atoms with E-state index in [1.807, 2.05) is 0 Å². The monoisotopic (exact) mass is 170 g/mol. The van der Waals surface area contributed by atoms with Gasteiger partial charge in [0.05, 0.1) is 0 Å². The molecule has 0 aromatic carbocycles. The highest BCUT2D eigenvalue weighted by Crippen LogP contribution is 2.34. The van der Waals surface area contributed by atoms with Gasteiger partial charge in [0.15, 0.2) is 0 Å². The van der Waals surface area contributed by atoms with E-state index in [-0.39, 0.29) is 0 Å². The first-order valence-electron chi connectivity index (χ1n) is 4.94. The molecule has 0 spiro atoms. The zero-order valence-electron chi connectivity index (χ0n) is 8.85. The van der Waals surface area contributed by atoms with E-state index in [0.29, 0.717) is 11.6 Å². The van der Waals surface area contributed by atoms with E-state index in [1.165, 1.54) is 25.8 Å². The fourth-order valence-corrected chi connectivity index (χ4v) is 1.45. The van der Waals surface area contributed by atoms with E-state index >= 15 is 0 Å². The van der Waals surface area contributed by atoms with Crippen LogP contribution >= 0.6 is 0 Å². The van der Waals surface area contributed by atoms with Gasteiger partial charge in [-0.05, 0) is 53.8 Å². The zero-order chi connectivity index (χ0) is 9.19. The van der Waals surface area contributed by atoms with Crippen LogP contribution in [0.5, 0.6) is 0 Å². The summed E-state index contributed by atoms with van der Waals surface area (Å²) in [5, 5.41) is 3.66. The maximum absolute atomic E-state index is 3.66. The first kappa shape index (κ1) is 10.0. The lowest BCUT2D eigenvalue weighted by molar-refractivity contribution is 0.348. The molecule has 0 aromatic heterocycles. The first-order chi connectivity index (χ1) is 5.52. The van der Waals surface area contributed by atoms with Gasteiger partial charge in [-0.2, -0.15) is 0 Å². The Balaban J connectivity index is 2.07. The van der Waals surface area contributed by atoms with Crippen molar-refractivity contribution in [2.24, 2.45) is 0 Å². The minimum Gasteiger partial charge on any atom is -0.309 e. The van der Waals surface area contributed by atoms with Crippen LogP contribution in [0.1, 0.15) is 33.1 Å². The Morgan fingerprint density at radius 1 is 1.42 bits per heavy atom. The lowest BCUT2D eigenvalue weighted by Crippen LogP contribution is -2.37. The molecule has 1 rings (SSSR count). The van der Waals surface area contributed by atoms with Gasteiger partial charge >= 0.3 is 0 Å². The van der Waals surface area contributed by atoms with Crippen LogP contribution in [0.15, 0.2) is 0 Å². The quantitative estimate of drug-likeness (QED) is 0.672. The Labute approximate surface area is 76.3 Å². The standard InChI is InChI=1S/C10H22N2/c1-9(5-8-12(3)4)11-10(2)6-7-10/h9,11H,5-8H2,1-4H3. The van der Waals surface area contributed by atoms with Crippen LogP contribution in [-0.4, -0.2) is 37.1 Å². The molecule has 1 atom stereocenters. The molecule has 2 heteroatoms. The number of hydrogen-bond donors (Lipinski definition) is 1. The zero-order valence-corrected chi connectivity index (χ0v) is 8.85. The highest BCUT2D eigenvalue weighted by Gasteiger charge is 2.37. The van der Waals surface area contributed by atoms with E-state index < -0.39 is 0 Å². The Morgan fingerprint density at radius 2 is 2.00 bits per heavy atom. The number of nitrogens with zero attached hydrogens (tertiary/aromatic N) is 1. The van der Waals surface area contributed by atoms with Gasteiger partial charge in [-0.25, -0.2) is 0 Å². The Kier molecular flexibility index (Phi) is 3.13. The average Bonchev–Trinajstić information content (AvgIpc) is 2.64. The summed E-state index contributed by atoms with van der Waals surface area (Å²) in [5.41, 5.74) is 0.492. The normalized spacial score (nSPS) is 22.8. The molecule has 1 saturated carbocycles. The van der Waals surface area contributed by atoms with Crippen molar-refractivity contribution < 1.29 is 0 Å². The van der Waals surface area contributed by atoms with Crippen molar-refractivity contribution in [1.82, 2.24) is 10.2 Å². The summed E-state index contributed by atoms with van der Waals surface area (Å²) in [6.45, 7) is 5.79. The molecule has 0 heterocycles. The van der Waals surface area contributed by atoms with Crippen LogP contribution in [-0.2, 0) is 0 Å². The van der Waals surface area contributed by atoms with Crippen molar-refractivity contribution in [3.63, 3.8) is 0 Å². The first-order valence-corrected chi connectivity index (χ1v) is 4.94. The van der Waals surface area contributed by atoms with Crippen LogP contribution in [0.25, 0.3) is 0 Å². The number of nitrogens with one attached hydrogen (secondary N) is 1. The molecule has 0 amide bonds. The summed E-state index contributed by atoms with van der Waals surface area (Å²) < 4.78 is 0. The lowest BCUT2D eigenvalue weighted by Gasteiger charge is -2.20. The smallest absolute Gasteiger partial charge is 0.0157 e. The molecule has 0 aromatic rings. The number of hydrogen-bond acceptors (Lipinski definition) is 2.